The van der Waals surface area contributed by atoms with Crippen LogP contribution in [0.2, 0.25) is 0 Å². The summed E-state index contributed by atoms with van der Waals surface area (Å²) in [6, 6.07) is 111. The van der Waals surface area contributed by atoms with Crippen LogP contribution in [0.3, 0.4) is 0 Å². The van der Waals surface area contributed by atoms with E-state index in [0.717, 1.165) is 84.3 Å². The molecule has 0 atom stereocenters. The van der Waals surface area contributed by atoms with Crippen LogP contribution in [-0.2, 0) is 0 Å². The molecule has 3 nitrogen and oxygen atoms in total. The summed E-state index contributed by atoms with van der Waals surface area (Å²) in [6.45, 7) is 6.62. The molecule has 0 radical (unpaired) electrons. The Kier molecular flexibility index (Phi) is 12.0. The molecule has 1 aromatic heterocycles. The first-order valence-corrected chi connectivity index (χ1v) is 29.6. The zero-order valence-corrected chi connectivity index (χ0v) is 47.7. The molecule has 3 heterocycles. The minimum absolute atomic E-state index is 0.194. The van der Waals surface area contributed by atoms with Gasteiger partial charge in [-0.05, 0) is 135 Å². The van der Waals surface area contributed by atoms with Crippen LogP contribution in [0.4, 0.5) is 34.1 Å². The fourth-order valence-corrected chi connectivity index (χ4v) is 14.4. The van der Waals surface area contributed by atoms with Gasteiger partial charge in [0.15, 0.2) is 0 Å². The van der Waals surface area contributed by atoms with E-state index in [0.29, 0.717) is 0 Å². The van der Waals surface area contributed by atoms with Crippen molar-refractivity contribution in [1.82, 2.24) is 4.57 Å². The van der Waals surface area contributed by atoms with Crippen LogP contribution >= 0.6 is 0 Å². The van der Waals surface area contributed by atoms with Crippen LogP contribution < -0.4 is 26.2 Å². The van der Waals surface area contributed by atoms with Crippen molar-refractivity contribution < 1.29 is 0 Å². The molecule has 14 aromatic rings. The molecule has 0 N–H and O–H groups in total. The van der Waals surface area contributed by atoms with Gasteiger partial charge in [0.1, 0.15) is 0 Å². The monoisotopic (exact) mass is 1080 g/mol. The van der Waals surface area contributed by atoms with E-state index in [1.165, 1.54) is 77.1 Å². The number of hydrogen-bond acceptors (Lipinski definition) is 2. The average molecular weight is 1080 g/mol. The van der Waals surface area contributed by atoms with E-state index in [-0.39, 0.29) is 6.71 Å². The van der Waals surface area contributed by atoms with E-state index in [1.54, 1.807) is 0 Å². The van der Waals surface area contributed by atoms with Crippen molar-refractivity contribution in [1.29, 1.82) is 0 Å². The van der Waals surface area contributed by atoms with Gasteiger partial charge in [-0.1, -0.05) is 260 Å². The van der Waals surface area contributed by atoms with Crippen molar-refractivity contribution in [3.8, 4) is 72.4 Å². The van der Waals surface area contributed by atoms with Crippen LogP contribution in [0.15, 0.2) is 297 Å². The van der Waals surface area contributed by atoms with E-state index in [1.807, 2.05) is 0 Å². The van der Waals surface area contributed by atoms with Gasteiger partial charge in [-0.25, -0.2) is 0 Å². The van der Waals surface area contributed by atoms with Gasteiger partial charge in [0.2, 0.25) is 0 Å². The lowest BCUT2D eigenvalue weighted by Gasteiger charge is -2.46. The quantitative estimate of drug-likeness (QED) is 0.133. The van der Waals surface area contributed by atoms with Crippen LogP contribution in [-0.4, -0.2) is 11.3 Å². The minimum atomic E-state index is -0.194. The van der Waals surface area contributed by atoms with Crippen LogP contribution in [0.5, 0.6) is 0 Å². The van der Waals surface area contributed by atoms with Gasteiger partial charge in [0, 0.05) is 61.5 Å². The number of aryl methyl sites for hydroxylation is 3. The molecule has 13 aromatic carbocycles. The Morgan fingerprint density at radius 1 is 0.282 bits per heavy atom. The lowest BCUT2D eigenvalue weighted by atomic mass is 9.33. The number of fused-ring (bicyclic) bond motifs is 7. The molecular formula is C81H58BN3. The molecule has 0 fully saturated rings. The first kappa shape index (κ1) is 50.1. The predicted molar refractivity (Wildman–Crippen MR) is 362 cm³/mol. The largest absolute Gasteiger partial charge is 0.310 e. The average Bonchev–Trinajstić information content (AvgIpc) is 1.44. The number of anilines is 6. The topological polar surface area (TPSA) is 11.4 Å². The third-order valence-corrected chi connectivity index (χ3v) is 17.8. The highest BCUT2D eigenvalue weighted by atomic mass is 15.2. The third kappa shape index (κ3) is 8.20. The Morgan fingerprint density at radius 3 is 1.18 bits per heavy atom. The lowest BCUT2D eigenvalue weighted by molar-refractivity contribution is 1.17. The predicted octanol–water partition coefficient (Wildman–Crippen LogP) is 19.8. The summed E-state index contributed by atoms with van der Waals surface area (Å²) in [5.41, 5.74) is 31.8. The van der Waals surface area contributed by atoms with Gasteiger partial charge < -0.3 is 14.4 Å². The maximum Gasteiger partial charge on any atom is 0.252 e. The number of rotatable bonds is 9. The second-order valence-corrected chi connectivity index (χ2v) is 22.9. The second kappa shape index (κ2) is 20.3. The highest BCUT2D eigenvalue weighted by Crippen LogP contribution is 2.54. The molecule has 400 valence electrons. The number of aromatic nitrogens is 1. The molecule has 0 aliphatic carbocycles. The molecule has 0 spiro atoms. The number of hydrogen-bond donors (Lipinski definition) is 0. The Hall–Kier alpha value is -10.7. The Bertz CT molecular complexity index is 4720. The summed E-state index contributed by atoms with van der Waals surface area (Å²) in [5.74, 6) is 0. The normalized spacial score (nSPS) is 12.3. The molecule has 0 bridgehead atoms. The molecule has 85 heavy (non-hydrogen) atoms. The van der Waals surface area contributed by atoms with Gasteiger partial charge in [0.25, 0.3) is 6.71 Å². The fraction of sp³-hybridized carbons (Fsp3) is 0.0370. The molecule has 16 rings (SSSR count). The number of benzene rings is 13. The standard InChI is InChI=1S/C81H58BN3/c1-53-47-54(2)78(55(3)48-53)62-50-76-79-77(51-62)85(81-66(59-31-15-7-16-32-59)39-24-40-67(81)60-33-17-8-18-34-60)75-52-63(83-72-41-21-19-35-68(72)69-36-20-22-42-73(69)83)44-45-70(75)82(79)71-49-61(56-25-9-4-10-26-56)43-46-74(71)84(76)80-64(57-27-11-5-12-28-57)37-23-38-65(80)58-29-13-6-14-30-58/h4-52H,1-3H3. The van der Waals surface area contributed by atoms with E-state index < -0.39 is 0 Å². The zero-order chi connectivity index (χ0) is 56.7. The third-order valence-electron chi connectivity index (χ3n) is 17.8. The summed E-state index contributed by atoms with van der Waals surface area (Å²) in [7, 11) is 0. The molecule has 0 unspecified atom stereocenters. The Labute approximate surface area is 497 Å². The zero-order valence-electron chi connectivity index (χ0n) is 47.7. The van der Waals surface area contributed by atoms with Gasteiger partial charge in [-0.15, -0.1) is 0 Å². The van der Waals surface area contributed by atoms with Crippen LogP contribution in [0.1, 0.15) is 16.7 Å². The van der Waals surface area contributed by atoms with Crippen LogP contribution in [0, 0.1) is 20.8 Å². The molecule has 4 heteroatoms. The summed E-state index contributed by atoms with van der Waals surface area (Å²) in [6.07, 6.45) is 0. The molecule has 2 aliphatic heterocycles. The molecule has 0 amide bonds. The van der Waals surface area contributed by atoms with Crippen molar-refractivity contribution >= 4 is 79.0 Å². The molecule has 0 saturated heterocycles. The summed E-state index contributed by atoms with van der Waals surface area (Å²) in [4.78, 5) is 5.34. The summed E-state index contributed by atoms with van der Waals surface area (Å²) < 4.78 is 2.48. The molecular weight excluding hydrogens is 1030 g/mol. The minimum Gasteiger partial charge on any atom is -0.310 e. The highest BCUT2D eigenvalue weighted by molar-refractivity contribution is 7.00. The first-order valence-electron chi connectivity index (χ1n) is 29.6. The van der Waals surface area contributed by atoms with E-state index in [2.05, 4.69) is 332 Å². The van der Waals surface area contributed by atoms with Crippen molar-refractivity contribution in [3.63, 3.8) is 0 Å². The van der Waals surface area contributed by atoms with Gasteiger partial charge in [-0.2, -0.15) is 0 Å². The lowest BCUT2D eigenvalue weighted by Crippen LogP contribution is -2.61. The number of para-hydroxylation sites is 4. The maximum atomic E-state index is 2.68. The Balaban J connectivity index is 1.11. The van der Waals surface area contributed by atoms with E-state index >= 15 is 0 Å². The number of nitrogens with zero attached hydrogens (tertiary/aromatic N) is 3. The van der Waals surface area contributed by atoms with Gasteiger partial charge in [-0.3, -0.25) is 0 Å². The maximum absolute atomic E-state index is 2.68. The van der Waals surface area contributed by atoms with Crippen molar-refractivity contribution in [2.24, 2.45) is 0 Å². The fourth-order valence-electron chi connectivity index (χ4n) is 14.4. The van der Waals surface area contributed by atoms with Crippen molar-refractivity contribution in [2.45, 2.75) is 20.8 Å². The van der Waals surface area contributed by atoms with E-state index in [4.69, 9.17) is 0 Å². The summed E-state index contributed by atoms with van der Waals surface area (Å²) >= 11 is 0. The summed E-state index contributed by atoms with van der Waals surface area (Å²) in [5, 5.41) is 2.47. The Morgan fingerprint density at radius 2 is 0.706 bits per heavy atom. The SMILES string of the molecule is Cc1cc(C)c(-c2cc3c4c(c2)N(c2c(-c5ccccc5)cccc2-c2ccccc2)c2cc(-n5c6ccccc6c6ccccc65)ccc2B4c2cc(-c4ccccc4)ccc2N3c2c(-c3ccccc3)cccc2-c2ccccc2)c(C)c1. The van der Waals surface area contributed by atoms with Crippen molar-refractivity contribution in [3.05, 3.63) is 314 Å². The first-order chi connectivity index (χ1) is 41.9. The second-order valence-electron chi connectivity index (χ2n) is 22.9. The molecule has 2 aliphatic rings. The molecule has 0 saturated carbocycles. The van der Waals surface area contributed by atoms with Crippen LogP contribution in [0.25, 0.3) is 94.3 Å². The smallest absolute Gasteiger partial charge is 0.252 e. The van der Waals surface area contributed by atoms with Gasteiger partial charge in [0.05, 0.1) is 22.4 Å². The highest BCUT2D eigenvalue weighted by Gasteiger charge is 2.46. The van der Waals surface area contributed by atoms with Gasteiger partial charge >= 0.3 is 0 Å². The van der Waals surface area contributed by atoms with Crippen molar-refractivity contribution in [2.75, 3.05) is 9.80 Å². The van der Waals surface area contributed by atoms with E-state index in [9.17, 15) is 0 Å².